The van der Waals surface area contributed by atoms with Crippen LogP contribution in [0.15, 0.2) is 0 Å². The molecule has 2 atom stereocenters. The van der Waals surface area contributed by atoms with Crippen LogP contribution in [0.25, 0.3) is 0 Å². The van der Waals surface area contributed by atoms with Crippen molar-refractivity contribution in [2.24, 2.45) is 0 Å². The van der Waals surface area contributed by atoms with Gasteiger partial charge in [-0.2, -0.15) is 4.39 Å². The van der Waals surface area contributed by atoms with Gasteiger partial charge in [0, 0.05) is 7.11 Å². The molecule has 0 rings (SSSR count). The van der Waals surface area contributed by atoms with E-state index in [1.807, 2.05) is 0 Å². The van der Waals surface area contributed by atoms with E-state index in [-0.39, 0.29) is 0 Å². The Hall–Kier alpha value is 0.210. The molecule has 0 radical (unpaired) electrons. The molecule has 0 aromatic heterocycles. The van der Waals surface area contributed by atoms with Gasteiger partial charge in [-0.15, -0.1) is 4.94 Å². The Morgan fingerprint density at radius 1 is 1.71 bits per heavy atom. The van der Waals surface area contributed by atoms with E-state index in [9.17, 15) is 8.92 Å². The van der Waals surface area contributed by atoms with Crippen molar-refractivity contribution in [1.82, 2.24) is 0 Å². The smallest absolute Gasteiger partial charge is 0.322 e. The maximum atomic E-state index is 11.7. The molecule has 0 saturated carbocycles. The van der Waals surface area contributed by atoms with Crippen LogP contribution in [0.2, 0.25) is 0 Å². The normalized spacial score (nSPS) is 18.9. The zero-order valence-corrected chi connectivity index (χ0v) is 4.80. The van der Waals surface area contributed by atoms with Crippen LogP contribution < -0.4 is 0 Å². The average molecular weight is 130 g/mol. The highest BCUT2D eigenvalue weighted by molar-refractivity contribution is 7.17. The molecule has 0 aliphatic rings. The van der Waals surface area contributed by atoms with Gasteiger partial charge in [-0.3, -0.25) is 0 Å². The zero-order chi connectivity index (χ0) is 5.91. The molecule has 0 spiro atoms. The van der Waals surface area contributed by atoms with Crippen molar-refractivity contribution >= 4 is 9.24 Å². The summed E-state index contributed by atoms with van der Waals surface area (Å²) in [5, 5.41) is 0. The van der Waals surface area contributed by atoms with Gasteiger partial charge in [0.1, 0.15) is 0 Å². The molecule has 7 heavy (non-hydrogen) atoms. The van der Waals surface area contributed by atoms with Crippen molar-refractivity contribution in [1.29, 1.82) is 0 Å². The Balaban J connectivity index is 3.36. The van der Waals surface area contributed by atoms with Crippen molar-refractivity contribution in [2.75, 3.05) is 7.11 Å². The maximum Gasteiger partial charge on any atom is 0.363 e. The van der Waals surface area contributed by atoms with Gasteiger partial charge in [0.2, 0.25) is 0 Å². The predicted octanol–water partition coefficient (Wildman–Crippen LogP) is 0.990. The van der Waals surface area contributed by atoms with Crippen molar-refractivity contribution in [3.05, 3.63) is 0 Å². The summed E-state index contributed by atoms with van der Waals surface area (Å²) in [6.07, 6.45) is 0. The molecule has 0 amide bonds. The first kappa shape index (κ1) is 7.21. The molecule has 0 N–H and O–H groups in total. The van der Waals surface area contributed by atoms with Gasteiger partial charge >= 0.3 is 5.78 Å². The molecule has 0 aliphatic heterocycles. The topological polar surface area (TPSA) is 18.5 Å². The lowest BCUT2D eigenvalue weighted by atomic mass is 11.3. The van der Waals surface area contributed by atoms with Gasteiger partial charge < -0.3 is 4.74 Å². The fraction of sp³-hybridized carbons (Fsp3) is 1.00. The van der Waals surface area contributed by atoms with Crippen LogP contribution >= 0.6 is 9.24 Å². The number of alkyl halides is 1. The van der Waals surface area contributed by atoms with Crippen LogP contribution in [-0.4, -0.2) is 12.9 Å². The summed E-state index contributed by atoms with van der Waals surface area (Å²) in [7, 11) is 2.36. The second-order valence-electron chi connectivity index (χ2n) is 0.864. The Morgan fingerprint density at radius 3 is 2.14 bits per heavy atom. The molecule has 0 fully saturated rings. The summed E-state index contributed by atoms with van der Waals surface area (Å²) >= 11 is 0. The monoisotopic (exact) mass is 130 g/mol. The van der Waals surface area contributed by atoms with E-state index in [2.05, 4.69) is 9.68 Å². The average Bonchev–Trinajstić information content (AvgIpc) is 1.68. The van der Waals surface area contributed by atoms with Gasteiger partial charge in [-0.25, -0.2) is 0 Å². The van der Waals surface area contributed by atoms with E-state index in [1.165, 1.54) is 9.24 Å². The molecule has 0 aromatic rings. The highest BCUT2D eigenvalue weighted by Crippen LogP contribution is 2.21. The highest BCUT2D eigenvalue weighted by atomic mass is 31.0. The lowest BCUT2D eigenvalue weighted by Gasteiger charge is -2.09. The number of methoxy groups -OCH3 is 1. The lowest BCUT2D eigenvalue weighted by Crippen LogP contribution is -2.15. The SMILES string of the molecule is COC(F)(P)OF. The minimum atomic E-state index is -2.67. The highest BCUT2D eigenvalue weighted by Gasteiger charge is 2.23. The second kappa shape index (κ2) is 2.50. The van der Waals surface area contributed by atoms with Crippen LogP contribution in [0.4, 0.5) is 8.92 Å². The van der Waals surface area contributed by atoms with Crippen molar-refractivity contribution in [3.63, 3.8) is 0 Å². The zero-order valence-electron chi connectivity index (χ0n) is 3.65. The molecule has 2 unspecified atom stereocenters. The Bertz CT molecular complexity index is 51.7. The second-order valence-corrected chi connectivity index (χ2v) is 1.55. The first-order valence-electron chi connectivity index (χ1n) is 1.45. The van der Waals surface area contributed by atoms with Crippen LogP contribution in [0, 0.1) is 0 Å². The van der Waals surface area contributed by atoms with Gasteiger partial charge in [0.15, 0.2) is 0 Å². The Morgan fingerprint density at radius 2 is 2.14 bits per heavy atom. The third-order valence-corrected chi connectivity index (χ3v) is 0.708. The number of rotatable bonds is 2. The van der Waals surface area contributed by atoms with Gasteiger partial charge in [-0.1, -0.05) is 0 Å². The molecular formula is C2H5F2O2P. The standard InChI is InChI=1S/C2H5F2O2P/c1-5-2(3,7)6-4/h7H2,1H3. The number of hydrogen-bond acceptors (Lipinski definition) is 2. The maximum absolute atomic E-state index is 11.7. The molecule has 0 heterocycles. The molecule has 44 valence electrons. The molecular weight excluding hydrogens is 125 g/mol. The van der Waals surface area contributed by atoms with Crippen LogP contribution in [0.3, 0.4) is 0 Å². The molecule has 0 saturated heterocycles. The summed E-state index contributed by atoms with van der Waals surface area (Å²) < 4.78 is 26.2. The van der Waals surface area contributed by atoms with E-state index >= 15 is 0 Å². The van der Waals surface area contributed by atoms with Crippen molar-refractivity contribution in [3.8, 4) is 0 Å². The number of halogens is 2. The third-order valence-electron chi connectivity index (χ3n) is 0.384. The van der Waals surface area contributed by atoms with E-state index in [0.29, 0.717) is 0 Å². The molecule has 2 nitrogen and oxygen atoms in total. The molecule has 0 aliphatic carbocycles. The van der Waals surface area contributed by atoms with Crippen LogP contribution in [0.5, 0.6) is 0 Å². The summed E-state index contributed by atoms with van der Waals surface area (Å²) in [5.41, 5.74) is 0. The van der Waals surface area contributed by atoms with E-state index in [1.54, 1.807) is 0 Å². The summed E-state index contributed by atoms with van der Waals surface area (Å²) in [4.78, 5) is 2.66. The molecule has 0 aromatic carbocycles. The molecule has 0 bridgehead atoms. The quantitative estimate of drug-likeness (QED) is 0.410. The number of hydrogen-bond donors (Lipinski definition) is 0. The first-order chi connectivity index (χ1) is 3.12. The fourth-order valence-corrected chi connectivity index (χ4v) is 0.0315. The Kier molecular flexibility index (Phi) is 2.58. The minimum Gasteiger partial charge on any atom is -0.322 e. The lowest BCUT2D eigenvalue weighted by molar-refractivity contribution is -0.344. The van der Waals surface area contributed by atoms with E-state index in [0.717, 1.165) is 7.11 Å². The van der Waals surface area contributed by atoms with Crippen molar-refractivity contribution < 1.29 is 18.6 Å². The summed E-state index contributed by atoms with van der Waals surface area (Å²) in [5.74, 6) is -2.67. The van der Waals surface area contributed by atoms with E-state index in [4.69, 9.17) is 0 Å². The summed E-state index contributed by atoms with van der Waals surface area (Å²) in [6, 6.07) is 0. The number of ether oxygens (including phenoxy) is 1. The van der Waals surface area contributed by atoms with E-state index < -0.39 is 5.78 Å². The molecule has 5 heteroatoms. The largest absolute Gasteiger partial charge is 0.363 e. The minimum absolute atomic E-state index is 0.979. The van der Waals surface area contributed by atoms with Gasteiger partial charge in [-0.05, 0) is 13.8 Å². The predicted molar refractivity (Wildman–Crippen MR) is 22.8 cm³/mol. The van der Waals surface area contributed by atoms with Crippen LogP contribution in [-0.2, 0) is 9.68 Å². The Labute approximate surface area is 41.9 Å². The summed E-state index contributed by atoms with van der Waals surface area (Å²) in [6.45, 7) is 0. The van der Waals surface area contributed by atoms with Crippen LogP contribution in [0.1, 0.15) is 0 Å². The first-order valence-corrected chi connectivity index (χ1v) is 2.03. The fourth-order valence-electron chi connectivity index (χ4n) is 0.0315. The van der Waals surface area contributed by atoms with Crippen molar-refractivity contribution in [2.45, 2.75) is 5.78 Å². The third kappa shape index (κ3) is 2.85. The van der Waals surface area contributed by atoms with Gasteiger partial charge in [0.25, 0.3) is 0 Å². The van der Waals surface area contributed by atoms with Gasteiger partial charge in [0.05, 0.1) is 0 Å².